The van der Waals surface area contributed by atoms with Crippen LogP contribution in [0.2, 0.25) is 0 Å². The highest BCUT2D eigenvalue weighted by Crippen LogP contribution is 2.19. The minimum Gasteiger partial charge on any atom is -0.479 e. The minimum absolute atomic E-state index is 0.0488. The maximum atomic E-state index is 10.8. The van der Waals surface area contributed by atoms with Gasteiger partial charge in [-0.1, -0.05) is 18.2 Å². The zero-order valence-corrected chi connectivity index (χ0v) is 9.77. The van der Waals surface area contributed by atoms with Gasteiger partial charge in [-0.05, 0) is 25.5 Å². The van der Waals surface area contributed by atoms with Crippen molar-refractivity contribution in [2.45, 2.75) is 19.4 Å². The molecule has 0 saturated carbocycles. The second kappa shape index (κ2) is 4.53. The van der Waals surface area contributed by atoms with Gasteiger partial charge in [0.25, 0.3) is 0 Å². The number of likely N-dealkylation sites (N-methyl/N-ethyl adjacent to an activating group) is 1. The lowest BCUT2D eigenvalue weighted by Gasteiger charge is -2.28. The normalized spacial score (nSPS) is 14.2. The molecule has 88 valence electrons. The Morgan fingerprint density at radius 1 is 1.44 bits per heavy atom. The molecule has 0 heterocycles. The number of aliphatic carboxylic acids is 1. The van der Waals surface area contributed by atoms with E-state index in [1.54, 1.807) is 11.9 Å². The molecule has 2 N–H and O–H groups in total. The van der Waals surface area contributed by atoms with Crippen molar-refractivity contribution in [3.05, 3.63) is 29.8 Å². The summed E-state index contributed by atoms with van der Waals surface area (Å²) in [5.41, 5.74) is 0.229. The Labute approximate surface area is 95.1 Å². The van der Waals surface area contributed by atoms with Gasteiger partial charge in [0, 0.05) is 12.7 Å². The van der Waals surface area contributed by atoms with Gasteiger partial charge in [0.1, 0.15) is 0 Å². The number of aliphatic hydroxyl groups is 1. The maximum absolute atomic E-state index is 10.8. The molecule has 1 rings (SSSR count). The first-order valence-corrected chi connectivity index (χ1v) is 5.07. The minimum atomic E-state index is -1.74. The lowest BCUT2D eigenvalue weighted by molar-refractivity contribution is -0.155. The molecular weight excluding hydrogens is 206 g/mol. The summed E-state index contributed by atoms with van der Waals surface area (Å²) >= 11 is 0. The van der Waals surface area contributed by atoms with E-state index in [1.165, 1.54) is 6.92 Å². The third-order valence-electron chi connectivity index (χ3n) is 2.53. The summed E-state index contributed by atoms with van der Waals surface area (Å²) in [7, 11) is 1.76. The number of carboxylic acids is 1. The van der Waals surface area contributed by atoms with Crippen molar-refractivity contribution in [2.24, 2.45) is 0 Å². The molecule has 1 aromatic rings. The highest BCUT2D eigenvalue weighted by Gasteiger charge is 2.31. The fourth-order valence-electron chi connectivity index (χ4n) is 1.61. The number of nitrogens with zero attached hydrogens (tertiary/aromatic N) is 1. The van der Waals surface area contributed by atoms with Gasteiger partial charge in [0.2, 0.25) is 0 Å². The smallest absolute Gasteiger partial charge is 0.337 e. The molecule has 0 aliphatic heterocycles. The predicted octanol–water partition coefficient (Wildman–Crippen LogP) is 1.27. The Morgan fingerprint density at radius 3 is 2.50 bits per heavy atom. The molecule has 0 radical (unpaired) electrons. The van der Waals surface area contributed by atoms with E-state index in [2.05, 4.69) is 0 Å². The molecule has 4 nitrogen and oxygen atoms in total. The average Bonchev–Trinajstić information content (AvgIpc) is 2.17. The standard InChI is InChI=1S/C12H17NO3/c1-9-6-4-5-7-10(9)13(3)8-12(2,16)11(14)15/h4-7,16H,8H2,1-3H3,(H,14,15). The number of hydrogen-bond donors (Lipinski definition) is 2. The Hall–Kier alpha value is -1.55. The summed E-state index contributed by atoms with van der Waals surface area (Å²) in [4.78, 5) is 12.5. The number of anilines is 1. The first-order chi connectivity index (χ1) is 7.34. The van der Waals surface area contributed by atoms with E-state index in [9.17, 15) is 9.90 Å². The van der Waals surface area contributed by atoms with Gasteiger partial charge in [0.05, 0.1) is 6.54 Å². The molecule has 0 aliphatic carbocycles. The highest BCUT2D eigenvalue weighted by molar-refractivity contribution is 5.77. The molecule has 1 unspecified atom stereocenters. The van der Waals surface area contributed by atoms with Gasteiger partial charge in [-0.2, -0.15) is 0 Å². The van der Waals surface area contributed by atoms with Crippen molar-refractivity contribution in [1.29, 1.82) is 0 Å². The van der Waals surface area contributed by atoms with E-state index < -0.39 is 11.6 Å². The third-order valence-corrected chi connectivity index (χ3v) is 2.53. The lowest BCUT2D eigenvalue weighted by atomic mass is 10.1. The quantitative estimate of drug-likeness (QED) is 0.807. The summed E-state index contributed by atoms with van der Waals surface area (Å²) in [6.45, 7) is 3.29. The number of benzene rings is 1. The number of carboxylic acid groups (broad SMARTS) is 1. The molecule has 0 bridgehead atoms. The SMILES string of the molecule is Cc1ccccc1N(C)CC(C)(O)C(=O)O. The molecule has 0 amide bonds. The number of hydrogen-bond acceptors (Lipinski definition) is 3. The topological polar surface area (TPSA) is 60.8 Å². The summed E-state index contributed by atoms with van der Waals surface area (Å²) in [6.07, 6.45) is 0. The molecule has 0 aromatic heterocycles. The van der Waals surface area contributed by atoms with E-state index in [-0.39, 0.29) is 6.54 Å². The molecule has 16 heavy (non-hydrogen) atoms. The predicted molar refractivity (Wildman–Crippen MR) is 62.7 cm³/mol. The second-order valence-electron chi connectivity index (χ2n) is 4.22. The van der Waals surface area contributed by atoms with E-state index >= 15 is 0 Å². The molecule has 1 atom stereocenters. The van der Waals surface area contributed by atoms with Crippen LogP contribution < -0.4 is 4.90 Å². The van der Waals surface area contributed by atoms with Crippen molar-refractivity contribution in [3.8, 4) is 0 Å². The second-order valence-corrected chi connectivity index (χ2v) is 4.22. The fraction of sp³-hybridized carbons (Fsp3) is 0.417. The summed E-state index contributed by atoms with van der Waals surface area (Å²) in [5.74, 6) is -1.21. The van der Waals surface area contributed by atoms with E-state index in [0.29, 0.717) is 0 Å². The molecular formula is C12H17NO3. The van der Waals surface area contributed by atoms with Crippen molar-refractivity contribution in [2.75, 3.05) is 18.5 Å². The van der Waals surface area contributed by atoms with Crippen LogP contribution in [0.4, 0.5) is 5.69 Å². The van der Waals surface area contributed by atoms with Crippen molar-refractivity contribution < 1.29 is 15.0 Å². The van der Waals surface area contributed by atoms with Crippen LogP contribution >= 0.6 is 0 Å². The summed E-state index contributed by atoms with van der Waals surface area (Å²) in [6, 6.07) is 7.64. The number of aryl methyl sites for hydroxylation is 1. The summed E-state index contributed by atoms with van der Waals surface area (Å²) in [5, 5.41) is 18.5. The molecule has 0 fully saturated rings. The number of rotatable bonds is 4. The van der Waals surface area contributed by atoms with Crippen LogP contribution in [0.15, 0.2) is 24.3 Å². The first-order valence-electron chi connectivity index (χ1n) is 5.07. The van der Waals surface area contributed by atoms with E-state index in [1.807, 2.05) is 31.2 Å². The molecule has 1 aromatic carbocycles. The lowest BCUT2D eigenvalue weighted by Crippen LogP contribution is -2.45. The van der Waals surface area contributed by atoms with Crippen LogP contribution in [0.1, 0.15) is 12.5 Å². The van der Waals surface area contributed by atoms with Gasteiger partial charge >= 0.3 is 5.97 Å². The van der Waals surface area contributed by atoms with Crippen LogP contribution in [0.3, 0.4) is 0 Å². The Kier molecular flexibility index (Phi) is 3.55. The molecule has 0 aliphatic rings. The largest absolute Gasteiger partial charge is 0.479 e. The summed E-state index contributed by atoms with van der Waals surface area (Å²) < 4.78 is 0. The fourth-order valence-corrected chi connectivity index (χ4v) is 1.61. The Balaban J connectivity index is 2.85. The molecule has 0 saturated heterocycles. The Bertz CT molecular complexity index is 388. The van der Waals surface area contributed by atoms with Crippen LogP contribution in [0, 0.1) is 6.92 Å². The van der Waals surface area contributed by atoms with Gasteiger partial charge in [-0.3, -0.25) is 0 Å². The van der Waals surface area contributed by atoms with Crippen LogP contribution in [-0.2, 0) is 4.79 Å². The van der Waals surface area contributed by atoms with Crippen molar-refractivity contribution in [1.82, 2.24) is 0 Å². The van der Waals surface area contributed by atoms with Gasteiger partial charge < -0.3 is 15.1 Å². The zero-order chi connectivity index (χ0) is 12.3. The van der Waals surface area contributed by atoms with Gasteiger partial charge in [0.15, 0.2) is 5.60 Å². The number of carbonyl (C=O) groups is 1. The highest BCUT2D eigenvalue weighted by atomic mass is 16.4. The van der Waals surface area contributed by atoms with Crippen LogP contribution in [0.5, 0.6) is 0 Å². The first kappa shape index (κ1) is 12.5. The monoisotopic (exact) mass is 223 g/mol. The third kappa shape index (κ3) is 2.73. The molecule has 0 spiro atoms. The van der Waals surface area contributed by atoms with E-state index in [4.69, 9.17) is 5.11 Å². The maximum Gasteiger partial charge on any atom is 0.337 e. The Morgan fingerprint density at radius 2 is 2.00 bits per heavy atom. The number of para-hydroxylation sites is 1. The zero-order valence-electron chi connectivity index (χ0n) is 9.77. The van der Waals surface area contributed by atoms with Gasteiger partial charge in [-0.25, -0.2) is 4.79 Å². The van der Waals surface area contributed by atoms with Crippen molar-refractivity contribution in [3.63, 3.8) is 0 Å². The van der Waals surface area contributed by atoms with Crippen LogP contribution in [-0.4, -0.2) is 35.4 Å². The molecule has 4 heteroatoms. The van der Waals surface area contributed by atoms with Crippen LogP contribution in [0.25, 0.3) is 0 Å². The van der Waals surface area contributed by atoms with E-state index in [0.717, 1.165) is 11.3 Å². The average molecular weight is 223 g/mol. The van der Waals surface area contributed by atoms with Gasteiger partial charge in [-0.15, -0.1) is 0 Å². The van der Waals surface area contributed by atoms with Crippen molar-refractivity contribution >= 4 is 11.7 Å².